The van der Waals surface area contributed by atoms with E-state index in [1.807, 2.05) is 66.7 Å². The number of nitrogens with one attached hydrogen (secondary N) is 1. The van der Waals surface area contributed by atoms with E-state index in [0.29, 0.717) is 36.3 Å². The molecular formula is C26H24N4O2. The third-order valence-electron chi connectivity index (χ3n) is 5.15. The molecule has 0 bridgehead atoms. The number of rotatable bonds is 8. The van der Waals surface area contributed by atoms with Gasteiger partial charge in [-0.05, 0) is 29.7 Å². The average Bonchev–Trinajstić information content (AvgIpc) is 3.24. The average molecular weight is 425 g/mol. The van der Waals surface area contributed by atoms with E-state index < -0.39 is 5.91 Å². The van der Waals surface area contributed by atoms with Gasteiger partial charge in [0.2, 0.25) is 5.91 Å². The number of aromatic nitrogens is 2. The van der Waals surface area contributed by atoms with Crippen LogP contribution in [0.2, 0.25) is 0 Å². The minimum atomic E-state index is -0.464. The van der Waals surface area contributed by atoms with E-state index in [4.69, 9.17) is 10.8 Å². The highest BCUT2D eigenvalue weighted by Crippen LogP contribution is 2.22. The van der Waals surface area contributed by atoms with Crippen molar-refractivity contribution in [2.75, 3.05) is 6.54 Å². The number of primary amides is 1. The van der Waals surface area contributed by atoms with Gasteiger partial charge in [0.1, 0.15) is 5.69 Å². The molecule has 4 aromatic rings. The molecule has 0 saturated carbocycles. The van der Waals surface area contributed by atoms with Gasteiger partial charge in [0.25, 0.3) is 5.91 Å². The van der Waals surface area contributed by atoms with Crippen molar-refractivity contribution in [2.45, 2.75) is 13.0 Å². The van der Waals surface area contributed by atoms with Crippen LogP contribution in [0.5, 0.6) is 0 Å². The summed E-state index contributed by atoms with van der Waals surface area (Å²) in [6.45, 7) is 1.01. The lowest BCUT2D eigenvalue weighted by Crippen LogP contribution is -2.26. The number of benzene rings is 3. The van der Waals surface area contributed by atoms with Gasteiger partial charge in [0.05, 0.1) is 12.1 Å². The Hall–Kier alpha value is -4.19. The fourth-order valence-corrected chi connectivity index (χ4v) is 3.54. The molecule has 160 valence electrons. The van der Waals surface area contributed by atoms with Gasteiger partial charge in [-0.25, -0.2) is 0 Å². The zero-order valence-electron chi connectivity index (χ0n) is 17.6. The molecule has 4 rings (SSSR count). The zero-order valence-corrected chi connectivity index (χ0v) is 17.6. The van der Waals surface area contributed by atoms with E-state index >= 15 is 0 Å². The quantitative estimate of drug-likeness (QED) is 0.452. The monoisotopic (exact) mass is 424 g/mol. The minimum Gasteiger partial charge on any atom is -0.366 e. The Morgan fingerprint density at radius 2 is 1.56 bits per heavy atom. The van der Waals surface area contributed by atoms with Crippen molar-refractivity contribution in [3.8, 4) is 11.3 Å². The molecule has 1 heterocycles. The molecule has 6 heteroatoms. The highest BCUT2D eigenvalue weighted by Gasteiger charge is 2.18. The molecule has 0 saturated heterocycles. The van der Waals surface area contributed by atoms with Crippen molar-refractivity contribution in [3.63, 3.8) is 0 Å². The largest absolute Gasteiger partial charge is 0.366 e. The topological polar surface area (TPSA) is 90.0 Å². The summed E-state index contributed by atoms with van der Waals surface area (Å²) in [5.74, 6) is -0.650. The molecule has 6 nitrogen and oxygen atoms in total. The number of nitrogens with two attached hydrogens (primary N) is 1. The maximum Gasteiger partial charge on any atom is 0.255 e. The highest BCUT2D eigenvalue weighted by molar-refractivity contribution is 5.99. The smallest absolute Gasteiger partial charge is 0.255 e. The van der Waals surface area contributed by atoms with Crippen molar-refractivity contribution in [3.05, 3.63) is 113 Å². The summed E-state index contributed by atoms with van der Waals surface area (Å²) in [5.41, 5.74) is 9.91. The number of carbonyl (C=O) groups is 2. The van der Waals surface area contributed by atoms with E-state index in [-0.39, 0.29) is 5.91 Å². The number of hydrogen-bond donors (Lipinski definition) is 2. The Kier molecular flexibility index (Phi) is 6.41. The van der Waals surface area contributed by atoms with E-state index in [1.165, 1.54) is 0 Å². The van der Waals surface area contributed by atoms with Crippen LogP contribution in [0, 0.1) is 0 Å². The first-order valence-electron chi connectivity index (χ1n) is 10.4. The standard InChI is InChI=1S/C26H24N4O2/c27-25(31)22-13-7-10-19(16-22)14-15-28-26(32)23-18-30(17-20-8-3-1-4-9-20)29-24(23)21-11-5-2-6-12-21/h1-13,16,18H,14-15,17H2,(H2,27,31)(H,28,32). The van der Waals surface area contributed by atoms with E-state index in [1.54, 1.807) is 29.1 Å². The lowest BCUT2D eigenvalue weighted by Gasteiger charge is -2.06. The molecule has 0 fully saturated rings. The van der Waals surface area contributed by atoms with E-state index in [9.17, 15) is 9.59 Å². The Balaban J connectivity index is 1.51. The van der Waals surface area contributed by atoms with Gasteiger partial charge in [-0.3, -0.25) is 14.3 Å². The Morgan fingerprint density at radius 1 is 0.875 bits per heavy atom. The van der Waals surface area contributed by atoms with Gasteiger partial charge in [0.15, 0.2) is 0 Å². The summed E-state index contributed by atoms with van der Waals surface area (Å²) in [6, 6.07) is 26.8. The summed E-state index contributed by atoms with van der Waals surface area (Å²) in [5, 5.41) is 7.67. The molecule has 3 aromatic carbocycles. The molecule has 2 amide bonds. The van der Waals surface area contributed by atoms with Gasteiger partial charge in [-0.1, -0.05) is 72.8 Å². The molecule has 0 aliphatic rings. The summed E-state index contributed by atoms with van der Waals surface area (Å²) in [6.07, 6.45) is 2.38. The van der Waals surface area contributed by atoms with E-state index in [0.717, 1.165) is 16.7 Å². The lowest BCUT2D eigenvalue weighted by atomic mass is 10.1. The van der Waals surface area contributed by atoms with Crippen LogP contribution in [-0.2, 0) is 13.0 Å². The van der Waals surface area contributed by atoms with Crippen LogP contribution in [0.15, 0.2) is 91.1 Å². The second kappa shape index (κ2) is 9.75. The molecule has 0 radical (unpaired) electrons. The molecule has 3 N–H and O–H groups in total. The Bertz CT molecular complexity index is 1220. The van der Waals surface area contributed by atoms with Crippen LogP contribution < -0.4 is 11.1 Å². The number of hydrogen-bond acceptors (Lipinski definition) is 3. The SMILES string of the molecule is NC(=O)c1cccc(CCNC(=O)c2cn(Cc3ccccc3)nc2-c2ccccc2)c1. The van der Waals surface area contributed by atoms with Gasteiger partial charge in [-0.2, -0.15) is 5.10 Å². The number of nitrogens with zero attached hydrogens (tertiary/aromatic N) is 2. The fraction of sp³-hybridized carbons (Fsp3) is 0.115. The predicted octanol–water partition coefficient (Wildman–Crippen LogP) is 3.67. The predicted molar refractivity (Wildman–Crippen MR) is 124 cm³/mol. The van der Waals surface area contributed by atoms with Crippen LogP contribution >= 0.6 is 0 Å². The van der Waals surface area contributed by atoms with Crippen molar-refractivity contribution >= 4 is 11.8 Å². The molecule has 0 atom stereocenters. The maximum atomic E-state index is 13.0. The molecule has 1 aromatic heterocycles. The van der Waals surface area contributed by atoms with Gasteiger partial charge < -0.3 is 11.1 Å². The van der Waals surface area contributed by atoms with Gasteiger partial charge in [-0.15, -0.1) is 0 Å². The zero-order chi connectivity index (χ0) is 22.3. The van der Waals surface area contributed by atoms with Crippen LogP contribution in [-0.4, -0.2) is 28.1 Å². The Labute approximate surface area is 186 Å². The first-order valence-corrected chi connectivity index (χ1v) is 10.4. The molecule has 0 aliphatic carbocycles. The summed E-state index contributed by atoms with van der Waals surface area (Å²) < 4.78 is 1.79. The van der Waals surface area contributed by atoms with Crippen molar-refractivity contribution in [1.29, 1.82) is 0 Å². The van der Waals surface area contributed by atoms with Crippen molar-refractivity contribution in [1.82, 2.24) is 15.1 Å². The summed E-state index contributed by atoms with van der Waals surface area (Å²) >= 11 is 0. The molecule has 0 unspecified atom stereocenters. The highest BCUT2D eigenvalue weighted by atomic mass is 16.2. The molecule has 0 aliphatic heterocycles. The van der Waals surface area contributed by atoms with Crippen molar-refractivity contribution < 1.29 is 9.59 Å². The first kappa shape index (κ1) is 21.1. The van der Waals surface area contributed by atoms with Crippen LogP contribution in [0.4, 0.5) is 0 Å². The third kappa shape index (κ3) is 5.10. The molecule has 32 heavy (non-hydrogen) atoms. The van der Waals surface area contributed by atoms with Crippen LogP contribution in [0.1, 0.15) is 31.8 Å². The second-order valence-electron chi connectivity index (χ2n) is 7.51. The summed E-state index contributed by atoms with van der Waals surface area (Å²) in [7, 11) is 0. The minimum absolute atomic E-state index is 0.186. The van der Waals surface area contributed by atoms with Gasteiger partial charge in [0, 0.05) is 23.9 Å². The fourth-order valence-electron chi connectivity index (χ4n) is 3.54. The second-order valence-corrected chi connectivity index (χ2v) is 7.51. The van der Waals surface area contributed by atoms with Crippen LogP contribution in [0.25, 0.3) is 11.3 Å². The number of amides is 2. The Morgan fingerprint density at radius 3 is 2.28 bits per heavy atom. The maximum absolute atomic E-state index is 13.0. The molecular weight excluding hydrogens is 400 g/mol. The first-order chi connectivity index (χ1) is 15.6. The van der Waals surface area contributed by atoms with E-state index in [2.05, 4.69) is 5.32 Å². The number of carbonyl (C=O) groups excluding carboxylic acids is 2. The third-order valence-corrected chi connectivity index (χ3v) is 5.15. The van der Waals surface area contributed by atoms with Gasteiger partial charge >= 0.3 is 0 Å². The normalized spacial score (nSPS) is 10.6. The summed E-state index contributed by atoms with van der Waals surface area (Å²) in [4.78, 5) is 24.4. The molecule has 0 spiro atoms. The van der Waals surface area contributed by atoms with Crippen LogP contribution in [0.3, 0.4) is 0 Å². The lowest BCUT2D eigenvalue weighted by molar-refractivity contribution is 0.0953. The van der Waals surface area contributed by atoms with Crippen molar-refractivity contribution in [2.24, 2.45) is 5.73 Å².